The molecule has 0 saturated carbocycles. The first-order valence-electron chi connectivity index (χ1n) is 11.5. The van der Waals surface area contributed by atoms with E-state index < -0.39 is 36.4 Å². The number of nitrogens with zero attached hydrogens (tertiary/aromatic N) is 2. The molecule has 0 spiro atoms. The lowest BCUT2D eigenvalue weighted by Gasteiger charge is -2.13. The number of hydrogen-bond acceptors (Lipinski definition) is 5. The molecule has 0 aliphatic carbocycles. The maximum atomic E-state index is 13.4. The fourth-order valence-corrected chi connectivity index (χ4v) is 3.74. The number of aromatic nitrogens is 2. The minimum atomic E-state index is -4.94. The van der Waals surface area contributed by atoms with E-state index in [4.69, 9.17) is 14.6 Å². The molecule has 1 N–H and O–H groups in total. The number of rotatable bonds is 9. The smallest absolute Gasteiger partial charge is 0.487 e. The van der Waals surface area contributed by atoms with Crippen LogP contribution in [0.3, 0.4) is 0 Å². The van der Waals surface area contributed by atoms with E-state index in [0.717, 1.165) is 24.3 Å². The Labute approximate surface area is 223 Å². The Hall–Kier alpha value is -4.68. The van der Waals surface area contributed by atoms with E-state index >= 15 is 0 Å². The van der Waals surface area contributed by atoms with Crippen molar-refractivity contribution in [3.8, 4) is 34.2 Å². The van der Waals surface area contributed by atoms with E-state index in [9.17, 15) is 31.1 Å². The van der Waals surface area contributed by atoms with Gasteiger partial charge in [0.1, 0.15) is 29.5 Å². The first-order chi connectivity index (χ1) is 18.8. The molecule has 4 rings (SSSR count). The lowest BCUT2D eigenvalue weighted by Crippen LogP contribution is -2.17. The summed E-state index contributed by atoms with van der Waals surface area (Å²) in [5, 5.41) is 13.1. The highest BCUT2D eigenvalue weighted by Crippen LogP contribution is 2.33. The van der Waals surface area contributed by atoms with Crippen LogP contribution in [0.1, 0.15) is 16.8 Å². The molecule has 3 aromatic carbocycles. The average molecular weight is 566 g/mol. The fourth-order valence-electron chi connectivity index (χ4n) is 3.74. The van der Waals surface area contributed by atoms with Gasteiger partial charge in [-0.05, 0) is 67.1 Å². The highest BCUT2D eigenvalue weighted by Gasteiger charge is 2.32. The second-order valence-corrected chi connectivity index (χ2v) is 8.45. The van der Waals surface area contributed by atoms with Gasteiger partial charge in [-0.2, -0.15) is 18.3 Å². The zero-order chi connectivity index (χ0) is 29.1. The molecule has 4 aromatic rings. The van der Waals surface area contributed by atoms with Crippen LogP contribution in [0.5, 0.6) is 17.2 Å². The van der Waals surface area contributed by atoms with Gasteiger partial charge >= 0.3 is 18.5 Å². The Kier molecular flexibility index (Phi) is 7.93. The molecular formula is C27H20F6N2O5. The summed E-state index contributed by atoms with van der Waals surface area (Å²) < 4.78 is 94.5. The van der Waals surface area contributed by atoms with Crippen LogP contribution in [0.25, 0.3) is 16.9 Å². The fraction of sp³-hybridized carbons (Fsp3) is 0.185. The molecule has 0 amide bonds. The summed E-state index contributed by atoms with van der Waals surface area (Å²) in [5.41, 5.74) is 0.342. The average Bonchev–Trinajstić information content (AvgIpc) is 3.30. The van der Waals surface area contributed by atoms with Gasteiger partial charge in [0.15, 0.2) is 6.61 Å². The number of carbonyl (C=O) groups is 1. The van der Waals surface area contributed by atoms with Crippen molar-refractivity contribution in [3.05, 3.63) is 89.6 Å². The number of carboxylic acids is 1. The highest BCUT2D eigenvalue weighted by molar-refractivity contribution is 5.68. The van der Waals surface area contributed by atoms with Gasteiger partial charge in [-0.3, -0.25) is 0 Å². The van der Waals surface area contributed by atoms with Crippen LogP contribution < -0.4 is 14.2 Å². The van der Waals surface area contributed by atoms with Crippen LogP contribution in [0.15, 0.2) is 72.8 Å². The minimum Gasteiger partial charge on any atom is -0.487 e. The molecule has 0 radical (unpaired) electrons. The molecule has 0 unspecified atom stereocenters. The molecule has 7 nitrogen and oxygen atoms in total. The largest absolute Gasteiger partial charge is 0.573 e. The second-order valence-electron chi connectivity index (χ2n) is 8.45. The van der Waals surface area contributed by atoms with Crippen molar-refractivity contribution < 1.29 is 50.5 Å². The maximum Gasteiger partial charge on any atom is 0.573 e. The Balaban J connectivity index is 1.67. The Bertz CT molecular complexity index is 1510. The topological polar surface area (TPSA) is 82.8 Å². The minimum absolute atomic E-state index is 0.0222. The summed E-state index contributed by atoms with van der Waals surface area (Å²) in [6, 6.07) is 15.4. The van der Waals surface area contributed by atoms with Crippen molar-refractivity contribution in [3.63, 3.8) is 0 Å². The van der Waals surface area contributed by atoms with Crippen molar-refractivity contribution in [1.29, 1.82) is 0 Å². The zero-order valence-electron chi connectivity index (χ0n) is 20.6. The van der Waals surface area contributed by atoms with Crippen LogP contribution in [0.4, 0.5) is 26.3 Å². The normalized spacial score (nSPS) is 11.8. The SMILES string of the molecule is Cc1cc(OCc2cc(-c3cccc(OC(F)(F)F)c3)n(-c3cccc(C(F)(F)F)c3)n2)ccc1OCC(=O)O. The molecule has 0 atom stereocenters. The number of halogens is 6. The highest BCUT2D eigenvalue weighted by atomic mass is 19.4. The first-order valence-corrected chi connectivity index (χ1v) is 11.5. The third kappa shape index (κ3) is 7.24. The van der Waals surface area contributed by atoms with E-state index in [1.54, 1.807) is 13.0 Å². The first kappa shape index (κ1) is 28.3. The summed E-state index contributed by atoms with van der Waals surface area (Å²) in [6.07, 6.45) is -9.57. The van der Waals surface area contributed by atoms with Crippen molar-refractivity contribution in [2.75, 3.05) is 6.61 Å². The number of benzene rings is 3. The molecule has 0 aliphatic rings. The van der Waals surface area contributed by atoms with Gasteiger partial charge in [-0.1, -0.05) is 18.2 Å². The van der Waals surface area contributed by atoms with Crippen LogP contribution in [-0.4, -0.2) is 33.8 Å². The van der Waals surface area contributed by atoms with E-state index in [1.165, 1.54) is 47.1 Å². The molecule has 0 saturated heterocycles. The van der Waals surface area contributed by atoms with Crippen LogP contribution in [0, 0.1) is 6.92 Å². The van der Waals surface area contributed by atoms with Crippen molar-refractivity contribution >= 4 is 5.97 Å². The quantitative estimate of drug-likeness (QED) is 0.224. The number of ether oxygens (including phenoxy) is 3. The van der Waals surface area contributed by atoms with Gasteiger partial charge in [-0.15, -0.1) is 13.2 Å². The lowest BCUT2D eigenvalue weighted by atomic mass is 10.1. The van der Waals surface area contributed by atoms with E-state index in [2.05, 4.69) is 9.84 Å². The van der Waals surface area contributed by atoms with Gasteiger partial charge < -0.3 is 19.3 Å². The number of alkyl halides is 6. The van der Waals surface area contributed by atoms with Gasteiger partial charge in [0.2, 0.25) is 0 Å². The third-order valence-electron chi connectivity index (χ3n) is 5.43. The summed E-state index contributed by atoms with van der Waals surface area (Å²) in [7, 11) is 0. The number of aryl methyl sites for hydroxylation is 1. The second kappa shape index (κ2) is 11.2. The third-order valence-corrected chi connectivity index (χ3v) is 5.43. The Morgan fingerprint density at radius 3 is 2.33 bits per heavy atom. The van der Waals surface area contributed by atoms with Crippen LogP contribution in [0.2, 0.25) is 0 Å². The molecular weight excluding hydrogens is 546 g/mol. The lowest BCUT2D eigenvalue weighted by molar-refractivity contribution is -0.274. The van der Waals surface area contributed by atoms with Crippen molar-refractivity contribution in [2.45, 2.75) is 26.1 Å². The molecule has 13 heteroatoms. The standard InChI is InChI=1S/C27H20F6N2O5/c1-16-10-21(8-9-24(16)39-15-25(36)37)38-14-19-13-23(17-4-2-7-22(11-17)40-27(31,32)33)35(34-19)20-6-3-5-18(12-20)26(28,29)30/h2-13H,14-15H2,1H3,(H,36,37). The summed E-state index contributed by atoms with van der Waals surface area (Å²) >= 11 is 0. The number of hydrogen-bond donors (Lipinski definition) is 1. The molecule has 40 heavy (non-hydrogen) atoms. The van der Waals surface area contributed by atoms with Crippen LogP contribution in [-0.2, 0) is 17.6 Å². The van der Waals surface area contributed by atoms with E-state index in [1.807, 2.05) is 0 Å². The molecule has 0 aliphatic heterocycles. The maximum absolute atomic E-state index is 13.4. The number of aliphatic carboxylic acids is 1. The molecule has 0 bridgehead atoms. The van der Waals surface area contributed by atoms with Crippen LogP contribution >= 0.6 is 0 Å². The Morgan fingerprint density at radius 2 is 1.65 bits per heavy atom. The molecule has 1 heterocycles. The Morgan fingerprint density at radius 1 is 0.900 bits per heavy atom. The summed E-state index contributed by atoms with van der Waals surface area (Å²) in [6.45, 7) is 1.01. The predicted octanol–water partition coefficient (Wildman–Crippen LogP) is 6.81. The van der Waals surface area contributed by atoms with Gasteiger partial charge in [-0.25, -0.2) is 9.48 Å². The van der Waals surface area contributed by atoms with Crippen molar-refractivity contribution in [2.24, 2.45) is 0 Å². The molecule has 210 valence electrons. The number of carboxylic acid groups (broad SMARTS) is 1. The van der Waals surface area contributed by atoms with Gasteiger partial charge in [0.25, 0.3) is 0 Å². The van der Waals surface area contributed by atoms with E-state index in [-0.39, 0.29) is 29.2 Å². The van der Waals surface area contributed by atoms with E-state index in [0.29, 0.717) is 17.1 Å². The summed E-state index contributed by atoms with van der Waals surface area (Å²) in [4.78, 5) is 10.7. The predicted molar refractivity (Wildman–Crippen MR) is 129 cm³/mol. The molecule has 0 fully saturated rings. The zero-order valence-corrected chi connectivity index (χ0v) is 20.6. The van der Waals surface area contributed by atoms with Crippen molar-refractivity contribution in [1.82, 2.24) is 9.78 Å². The summed E-state index contributed by atoms with van der Waals surface area (Å²) in [5.74, 6) is -0.939. The monoisotopic (exact) mass is 566 g/mol. The van der Waals surface area contributed by atoms with Gasteiger partial charge in [0, 0.05) is 5.56 Å². The molecule has 1 aromatic heterocycles. The van der Waals surface area contributed by atoms with Gasteiger partial charge in [0.05, 0.1) is 16.9 Å².